The van der Waals surface area contributed by atoms with Gasteiger partial charge in [0, 0.05) is 23.9 Å². The summed E-state index contributed by atoms with van der Waals surface area (Å²) >= 11 is 1.47. The van der Waals surface area contributed by atoms with Gasteiger partial charge in [0.2, 0.25) is 5.91 Å². The average molecular weight is 439 g/mol. The van der Waals surface area contributed by atoms with Crippen LogP contribution >= 0.6 is 11.3 Å². The summed E-state index contributed by atoms with van der Waals surface area (Å²) < 4.78 is 24.7. The molecule has 5 nitrogen and oxygen atoms in total. The van der Waals surface area contributed by atoms with E-state index in [4.69, 9.17) is 9.47 Å². The van der Waals surface area contributed by atoms with E-state index in [0.29, 0.717) is 13.2 Å². The zero-order valence-electron chi connectivity index (χ0n) is 17.1. The lowest BCUT2D eigenvalue weighted by Crippen LogP contribution is -2.31. The van der Waals surface area contributed by atoms with Crippen LogP contribution in [0.5, 0.6) is 11.5 Å². The minimum Gasteiger partial charge on any atom is -0.490 e. The Bertz CT molecular complexity index is 1080. The Labute approximate surface area is 184 Å². The topological polar surface area (TPSA) is 51.7 Å². The number of hydrogen-bond acceptors (Lipinski definition) is 5. The van der Waals surface area contributed by atoms with Crippen molar-refractivity contribution in [1.29, 1.82) is 0 Å². The van der Waals surface area contributed by atoms with Crippen LogP contribution in [0.25, 0.3) is 10.6 Å². The summed E-state index contributed by atoms with van der Waals surface area (Å²) in [5.41, 5.74) is 2.69. The second-order valence-corrected chi connectivity index (χ2v) is 8.69. The van der Waals surface area contributed by atoms with Crippen molar-refractivity contribution in [3.63, 3.8) is 0 Å². The Morgan fingerprint density at radius 3 is 2.74 bits per heavy atom. The second-order valence-electron chi connectivity index (χ2n) is 7.83. The lowest BCUT2D eigenvalue weighted by atomic mass is 10.0. The standard InChI is InChI=1S/C24H23FN2O3S/c25-18-7-4-16(5-8-18)24-26-19(15-31-24)14-23(28)27-10-1-3-20(27)17-6-9-21-22(13-17)30-12-2-11-29-21/h4-9,13,15,20H,1-3,10-12,14H2/t20-/m0/s1. The van der Waals surface area contributed by atoms with Gasteiger partial charge in [-0.1, -0.05) is 6.07 Å². The van der Waals surface area contributed by atoms with E-state index < -0.39 is 0 Å². The number of hydrogen-bond donors (Lipinski definition) is 0. The van der Waals surface area contributed by atoms with Gasteiger partial charge < -0.3 is 14.4 Å². The molecule has 2 aliphatic rings. The predicted molar refractivity (Wildman–Crippen MR) is 117 cm³/mol. The van der Waals surface area contributed by atoms with Gasteiger partial charge in [0.15, 0.2) is 11.5 Å². The molecule has 3 aromatic rings. The van der Waals surface area contributed by atoms with Crippen LogP contribution < -0.4 is 9.47 Å². The van der Waals surface area contributed by atoms with E-state index in [1.54, 1.807) is 12.1 Å². The Hall–Kier alpha value is -2.93. The molecule has 31 heavy (non-hydrogen) atoms. The molecule has 1 atom stereocenters. The minimum absolute atomic E-state index is 0.0415. The molecule has 0 aliphatic carbocycles. The van der Waals surface area contributed by atoms with Gasteiger partial charge in [-0.3, -0.25) is 4.79 Å². The van der Waals surface area contributed by atoms with Crippen LogP contribution in [-0.2, 0) is 11.2 Å². The summed E-state index contributed by atoms with van der Waals surface area (Å²) in [6, 6.07) is 12.3. The van der Waals surface area contributed by atoms with Gasteiger partial charge >= 0.3 is 0 Å². The molecule has 5 rings (SSSR count). The molecule has 0 spiro atoms. The molecule has 2 aromatic carbocycles. The molecule has 1 aromatic heterocycles. The van der Waals surface area contributed by atoms with Crippen molar-refractivity contribution in [1.82, 2.24) is 9.88 Å². The molecular weight excluding hydrogens is 415 g/mol. The van der Waals surface area contributed by atoms with Crippen LogP contribution in [0.15, 0.2) is 47.8 Å². The number of carbonyl (C=O) groups is 1. The molecule has 1 fully saturated rings. The Kier molecular flexibility index (Phi) is 5.59. The summed E-state index contributed by atoms with van der Waals surface area (Å²) in [5.74, 6) is 1.33. The molecule has 0 bridgehead atoms. The second kappa shape index (κ2) is 8.67. The fraction of sp³-hybridized carbons (Fsp3) is 0.333. The molecule has 160 valence electrons. The number of rotatable bonds is 4. The van der Waals surface area contributed by atoms with Gasteiger partial charge in [-0.05, 0) is 54.8 Å². The molecule has 0 unspecified atom stereocenters. The van der Waals surface area contributed by atoms with Crippen molar-refractivity contribution in [3.8, 4) is 22.1 Å². The molecule has 3 heterocycles. The third kappa shape index (κ3) is 4.28. The van der Waals surface area contributed by atoms with Crippen molar-refractivity contribution in [2.24, 2.45) is 0 Å². The third-order valence-electron chi connectivity index (χ3n) is 5.70. The van der Waals surface area contributed by atoms with Crippen LogP contribution in [0.2, 0.25) is 0 Å². The molecule has 0 radical (unpaired) electrons. The van der Waals surface area contributed by atoms with Gasteiger partial charge in [0.25, 0.3) is 0 Å². The van der Waals surface area contributed by atoms with Gasteiger partial charge in [0.1, 0.15) is 10.8 Å². The first-order valence-corrected chi connectivity index (χ1v) is 11.4. The van der Waals surface area contributed by atoms with Crippen LogP contribution in [0.4, 0.5) is 4.39 Å². The highest BCUT2D eigenvalue weighted by molar-refractivity contribution is 7.13. The number of halogens is 1. The Morgan fingerprint density at radius 2 is 1.90 bits per heavy atom. The van der Waals surface area contributed by atoms with Crippen LogP contribution in [-0.4, -0.2) is 35.5 Å². The fourth-order valence-electron chi connectivity index (χ4n) is 4.17. The number of benzene rings is 2. The summed E-state index contributed by atoms with van der Waals surface area (Å²) in [7, 11) is 0. The highest BCUT2D eigenvalue weighted by Gasteiger charge is 2.31. The predicted octanol–water partition coefficient (Wildman–Crippen LogP) is 5.02. The van der Waals surface area contributed by atoms with Crippen molar-refractivity contribution in [3.05, 3.63) is 64.9 Å². The van der Waals surface area contributed by atoms with Gasteiger partial charge in [-0.25, -0.2) is 9.37 Å². The smallest absolute Gasteiger partial charge is 0.229 e. The molecule has 1 saturated heterocycles. The van der Waals surface area contributed by atoms with Crippen LogP contribution in [0, 0.1) is 5.82 Å². The van der Waals surface area contributed by atoms with E-state index in [-0.39, 0.29) is 24.2 Å². The maximum absolute atomic E-state index is 13.2. The number of carbonyl (C=O) groups excluding carboxylic acids is 1. The Balaban J connectivity index is 1.30. The number of amides is 1. The first kappa shape index (κ1) is 20.0. The summed E-state index contributed by atoms with van der Waals surface area (Å²) in [6.45, 7) is 2.05. The van der Waals surface area contributed by atoms with E-state index in [9.17, 15) is 9.18 Å². The van der Waals surface area contributed by atoms with Crippen molar-refractivity contribution < 1.29 is 18.7 Å². The van der Waals surface area contributed by atoms with Crippen molar-refractivity contribution >= 4 is 17.2 Å². The van der Waals surface area contributed by atoms with Crippen LogP contribution in [0.3, 0.4) is 0 Å². The lowest BCUT2D eigenvalue weighted by molar-refractivity contribution is -0.131. The summed E-state index contributed by atoms with van der Waals surface area (Å²) in [6.07, 6.45) is 3.04. The minimum atomic E-state index is -0.273. The monoisotopic (exact) mass is 438 g/mol. The summed E-state index contributed by atoms with van der Waals surface area (Å²) in [5, 5.41) is 2.71. The zero-order chi connectivity index (χ0) is 21.2. The Morgan fingerprint density at radius 1 is 1.10 bits per heavy atom. The number of fused-ring (bicyclic) bond motifs is 1. The average Bonchev–Trinajstić information content (AvgIpc) is 3.39. The number of thiazole rings is 1. The normalized spacial score (nSPS) is 18.1. The van der Waals surface area contributed by atoms with E-state index in [1.165, 1.54) is 23.5 Å². The van der Waals surface area contributed by atoms with E-state index in [0.717, 1.165) is 59.1 Å². The van der Waals surface area contributed by atoms with Gasteiger partial charge in [-0.2, -0.15) is 0 Å². The number of aromatic nitrogens is 1. The number of nitrogens with zero attached hydrogens (tertiary/aromatic N) is 2. The van der Waals surface area contributed by atoms with Crippen molar-refractivity contribution in [2.45, 2.75) is 31.7 Å². The maximum atomic E-state index is 13.2. The molecule has 0 saturated carbocycles. The largest absolute Gasteiger partial charge is 0.490 e. The van der Waals surface area contributed by atoms with Gasteiger partial charge in [-0.15, -0.1) is 11.3 Å². The number of ether oxygens (including phenoxy) is 2. The molecule has 0 N–H and O–H groups in total. The lowest BCUT2D eigenvalue weighted by Gasteiger charge is -2.25. The molecule has 1 amide bonds. The molecule has 2 aliphatic heterocycles. The first-order chi connectivity index (χ1) is 15.2. The first-order valence-electron chi connectivity index (χ1n) is 10.6. The molecule has 7 heteroatoms. The zero-order valence-corrected chi connectivity index (χ0v) is 17.9. The van der Waals surface area contributed by atoms with E-state index in [1.807, 2.05) is 28.5 Å². The van der Waals surface area contributed by atoms with Crippen LogP contribution in [0.1, 0.15) is 36.6 Å². The highest BCUT2D eigenvalue weighted by atomic mass is 32.1. The van der Waals surface area contributed by atoms with Crippen molar-refractivity contribution in [2.75, 3.05) is 19.8 Å². The van der Waals surface area contributed by atoms with E-state index in [2.05, 4.69) is 4.98 Å². The van der Waals surface area contributed by atoms with Gasteiger partial charge in [0.05, 0.1) is 31.4 Å². The molecular formula is C24H23FN2O3S. The quantitative estimate of drug-likeness (QED) is 0.574. The number of likely N-dealkylation sites (tertiary alicyclic amines) is 1. The fourth-order valence-corrected chi connectivity index (χ4v) is 4.99. The summed E-state index contributed by atoms with van der Waals surface area (Å²) in [4.78, 5) is 19.7. The highest BCUT2D eigenvalue weighted by Crippen LogP contribution is 2.38. The van der Waals surface area contributed by atoms with E-state index >= 15 is 0 Å². The third-order valence-corrected chi connectivity index (χ3v) is 6.64. The SMILES string of the molecule is O=C(Cc1csc(-c2ccc(F)cc2)n1)N1CCC[C@H]1c1ccc2c(c1)OCCCO2. The maximum Gasteiger partial charge on any atom is 0.229 e.